The highest BCUT2D eigenvalue weighted by atomic mass is 16.5. The van der Waals surface area contributed by atoms with Crippen LogP contribution in [-0.4, -0.2) is 24.1 Å². The first-order chi connectivity index (χ1) is 8.58. The molecule has 18 heavy (non-hydrogen) atoms. The lowest BCUT2D eigenvalue weighted by Gasteiger charge is -2.15. The van der Waals surface area contributed by atoms with Gasteiger partial charge in [0.05, 0.1) is 19.0 Å². The van der Waals surface area contributed by atoms with Crippen LogP contribution in [0.25, 0.3) is 11.3 Å². The highest BCUT2D eigenvalue weighted by molar-refractivity contribution is 5.74. The fourth-order valence-electron chi connectivity index (χ4n) is 2.22. The number of nitrogens with zero attached hydrogens (tertiary/aromatic N) is 1. The van der Waals surface area contributed by atoms with Crippen molar-refractivity contribution in [1.29, 1.82) is 0 Å². The maximum Gasteiger partial charge on any atom is 0.200 e. The highest BCUT2D eigenvalue weighted by Crippen LogP contribution is 2.36. The Hall–Kier alpha value is -1.97. The Morgan fingerprint density at radius 2 is 1.94 bits per heavy atom. The van der Waals surface area contributed by atoms with Crippen LogP contribution in [0.2, 0.25) is 0 Å². The van der Waals surface area contributed by atoms with E-state index in [1.807, 2.05) is 13.2 Å². The molecule has 1 aromatic carbocycles. The average Bonchev–Trinajstić information content (AvgIpc) is 2.81. The highest BCUT2D eigenvalue weighted by Gasteiger charge is 2.15. The average molecular weight is 245 g/mol. The fraction of sp³-hybridized carbons (Fsp3) is 0.357. The molecule has 0 saturated carbocycles. The number of aromatic nitrogens is 2. The van der Waals surface area contributed by atoms with Crippen molar-refractivity contribution in [3.8, 4) is 17.0 Å². The van der Waals surface area contributed by atoms with Gasteiger partial charge in [-0.25, -0.2) is 4.98 Å². The molecule has 0 radical (unpaired) electrons. The number of aromatic amines is 1. The molecule has 4 nitrogen and oxygen atoms in total. The molecule has 0 atom stereocenters. The van der Waals surface area contributed by atoms with Gasteiger partial charge >= 0.3 is 0 Å². The van der Waals surface area contributed by atoms with Crippen molar-refractivity contribution in [1.82, 2.24) is 9.97 Å². The Balaban J connectivity index is 2.66. The molecule has 1 heterocycles. The molecule has 4 heteroatoms. The van der Waals surface area contributed by atoms with Crippen LogP contribution < -0.4 is 10.1 Å². The van der Waals surface area contributed by atoms with Crippen LogP contribution in [0.15, 0.2) is 12.3 Å². The Morgan fingerprint density at radius 1 is 1.22 bits per heavy atom. The van der Waals surface area contributed by atoms with Gasteiger partial charge in [0, 0.05) is 12.6 Å². The Kier molecular flexibility index (Phi) is 3.28. The predicted molar refractivity (Wildman–Crippen MR) is 74.3 cm³/mol. The maximum absolute atomic E-state index is 5.57. The number of rotatable bonds is 3. The maximum atomic E-state index is 5.57. The number of imidazole rings is 1. The molecule has 1 aromatic heterocycles. The first-order valence-corrected chi connectivity index (χ1v) is 5.96. The van der Waals surface area contributed by atoms with Crippen molar-refractivity contribution < 1.29 is 4.74 Å². The normalized spacial score (nSPS) is 10.5. The third-order valence-electron chi connectivity index (χ3n) is 3.27. The van der Waals surface area contributed by atoms with E-state index in [-0.39, 0.29) is 0 Å². The third-order valence-corrected chi connectivity index (χ3v) is 3.27. The summed E-state index contributed by atoms with van der Waals surface area (Å²) >= 11 is 0. The molecule has 0 spiro atoms. The lowest BCUT2D eigenvalue weighted by molar-refractivity contribution is 0.412. The van der Waals surface area contributed by atoms with E-state index in [1.165, 1.54) is 16.7 Å². The summed E-state index contributed by atoms with van der Waals surface area (Å²) in [5.41, 5.74) is 5.63. The first kappa shape index (κ1) is 12.5. The molecule has 0 aliphatic rings. The minimum absolute atomic E-state index is 0.754. The van der Waals surface area contributed by atoms with E-state index >= 15 is 0 Å². The first-order valence-electron chi connectivity index (χ1n) is 5.96. The van der Waals surface area contributed by atoms with Gasteiger partial charge in [0.25, 0.3) is 0 Å². The van der Waals surface area contributed by atoms with Gasteiger partial charge in [0.1, 0.15) is 5.75 Å². The zero-order valence-electron chi connectivity index (χ0n) is 11.5. The van der Waals surface area contributed by atoms with Crippen molar-refractivity contribution in [3.05, 3.63) is 29.0 Å². The largest absolute Gasteiger partial charge is 0.496 e. The predicted octanol–water partition coefficient (Wildman–Crippen LogP) is 3.05. The summed E-state index contributed by atoms with van der Waals surface area (Å²) in [5.74, 6) is 1.67. The van der Waals surface area contributed by atoms with Crippen LogP contribution in [0.5, 0.6) is 5.75 Å². The number of methoxy groups -OCH3 is 1. The number of aryl methyl sites for hydroxylation is 2. The van der Waals surface area contributed by atoms with Gasteiger partial charge in [-0.3, -0.25) is 0 Å². The fourth-order valence-corrected chi connectivity index (χ4v) is 2.22. The monoisotopic (exact) mass is 245 g/mol. The summed E-state index contributed by atoms with van der Waals surface area (Å²) in [5, 5.41) is 2.99. The van der Waals surface area contributed by atoms with Crippen LogP contribution in [0.1, 0.15) is 16.7 Å². The third kappa shape index (κ3) is 1.94. The second-order valence-corrected chi connectivity index (χ2v) is 4.44. The molecule has 2 N–H and O–H groups in total. The van der Waals surface area contributed by atoms with Gasteiger partial charge in [-0.2, -0.15) is 0 Å². The summed E-state index contributed by atoms with van der Waals surface area (Å²) in [6, 6.07) is 2.17. The molecule has 96 valence electrons. The zero-order valence-corrected chi connectivity index (χ0v) is 11.5. The number of benzene rings is 1. The number of ether oxygens (including phenoxy) is 1. The standard InChI is InChI=1S/C14H19N3O/c1-8-6-9(2)12(13(18-5)10(8)3)11-7-16-14(15-4)17-11/h6-7H,1-5H3,(H2,15,16,17). The second kappa shape index (κ2) is 4.72. The van der Waals surface area contributed by atoms with Crippen LogP contribution >= 0.6 is 0 Å². The topological polar surface area (TPSA) is 49.9 Å². The molecular formula is C14H19N3O. The summed E-state index contributed by atoms with van der Waals surface area (Å²) < 4.78 is 5.57. The molecule has 2 rings (SSSR count). The van der Waals surface area contributed by atoms with E-state index < -0.39 is 0 Å². The minimum atomic E-state index is 0.754. The number of hydrogen-bond donors (Lipinski definition) is 2. The van der Waals surface area contributed by atoms with Gasteiger partial charge in [0.15, 0.2) is 5.95 Å². The molecule has 0 saturated heterocycles. The van der Waals surface area contributed by atoms with Crippen molar-refractivity contribution in [2.75, 3.05) is 19.5 Å². The van der Waals surface area contributed by atoms with Gasteiger partial charge in [-0.1, -0.05) is 6.07 Å². The SMILES string of the molecule is CNc1ncc(-c2c(C)cc(C)c(C)c2OC)[nH]1. The van der Waals surface area contributed by atoms with Crippen LogP contribution in [0.4, 0.5) is 5.95 Å². The van der Waals surface area contributed by atoms with E-state index in [1.54, 1.807) is 7.11 Å². The van der Waals surface area contributed by atoms with Crippen molar-refractivity contribution in [2.45, 2.75) is 20.8 Å². The molecule has 0 aliphatic carbocycles. The summed E-state index contributed by atoms with van der Waals surface area (Å²) in [4.78, 5) is 7.50. The molecule has 0 unspecified atom stereocenters. The van der Waals surface area contributed by atoms with Gasteiger partial charge < -0.3 is 15.0 Å². The van der Waals surface area contributed by atoms with Crippen LogP contribution in [0, 0.1) is 20.8 Å². The van der Waals surface area contributed by atoms with Gasteiger partial charge in [0.2, 0.25) is 0 Å². The lowest BCUT2D eigenvalue weighted by atomic mass is 9.97. The van der Waals surface area contributed by atoms with Crippen molar-refractivity contribution in [3.63, 3.8) is 0 Å². The summed E-state index contributed by atoms with van der Waals surface area (Å²) in [6.07, 6.45) is 1.82. The molecular weight excluding hydrogens is 226 g/mol. The quantitative estimate of drug-likeness (QED) is 0.873. The van der Waals surface area contributed by atoms with Crippen LogP contribution in [-0.2, 0) is 0 Å². The van der Waals surface area contributed by atoms with Gasteiger partial charge in [-0.05, 0) is 37.5 Å². The number of hydrogen-bond acceptors (Lipinski definition) is 3. The van der Waals surface area contributed by atoms with E-state index in [0.717, 1.165) is 23.0 Å². The molecule has 0 bridgehead atoms. The zero-order chi connectivity index (χ0) is 13.3. The van der Waals surface area contributed by atoms with Crippen LogP contribution in [0.3, 0.4) is 0 Å². The minimum Gasteiger partial charge on any atom is -0.496 e. The van der Waals surface area contributed by atoms with E-state index in [9.17, 15) is 0 Å². The van der Waals surface area contributed by atoms with E-state index in [2.05, 4.69) is 42.1 Å². The van der Waals surface area contributed by atoms with E-state index in [0.29, 0.717) is 0 Å². The smallest absolute Gasteiger partial charge is 0.200 e. The Bertz CT molecular complexity index is 573. The summed E-state index contributed by atoms with van der Waals surface area (Å²) in [7, 11) is 3.55. The summed E-state index contributed by atoms with van der Waals surface area (Å²) in [6.45, 7) is 6.26. The molecule has 0 aliphatic heterocycles. The molecule has 0 amide bonds. The van der Waals surface area contributed by atoms with E-state index in [4.69, 9.17) is 4.74 Å². The Morgan fingerprint density at radius 3 is 2.50 bits per heavy atom. The number of nitrogens with one attached hydrogen (secondary N) is 2. The number of anilines is 1. The molecule has 2 aromatic rings. The molecule has 0 fully saturated rings. The Labute approximate surface area is 107 Å². The lowest BCUT2D eigenvalue weighted by Crippen LogP contribution is -1.97. The van der Waals surface area contributed by atoms with Gasteiger partial charge in [-0.15, -0.1) is 0 Å². The van der Waals surface area contributed by atoms with Crippen molar-refractivity contribution >= 4 is 5.95 Å². The second-order valence-electron chi connectivity index (χ2n) is 4.44. The van der Waals surface area contributed by atoms with Crippen molar-refractivity contribution in [2.24, 2.45) is 0 Å². The number of H-pyrrole nitrogens is 1.